The molecule has 2 heterocycles. The van der Waals surface area contributed by atoms with Gasteiger partial charge in [-0.15, -0.1) is 0 Å². The summed E-state index contributed by atoms with van der Waals surface area (Å²) in [5.74, 6) is 1.14. The van der Waals surface area contributed by atoms with Crippen LogP contribution in [0.1, 0.15) is 43.4 Å². The van der Waals surface area contributed by atoms with Gasteiger partial charge in [0.2, 0.25) is 0 Å². The third-order valence-corrected chi connectivity index (χ3v) is 5.01. The maximum Gasteiger partial charge on any atom is 0.135 e. The zero-order valence-electron chi connectivity index (χ0n) is 12.8. The smallest absolute Gasteiger partial charge is 0.135 e. The first kappa shape index (κ1) is 13.8. The average molecular weight is 274 g/mol. The third kappa shape index (κ3) is 2.80. The highest BCUT2D eigenvalue weighted by Gasteiger charge is 2.26. The van der Waals surface area contributed by atoms with Crippen molar-refractivity contribution in [3.05, 3.63) is 17.6 Å². The standard InChI is InChI=1S/C16H26N4/c1-13-14(2)17-12-18-16(13)20-10-8-19(9-11-20)15-6-4-3-5-7-15/h12,15H,3-11H2,1-2H3. The van der Waals surface area contributed by atoms with Crippen LogP contribution in [-0.4, -0.2) is 47.1 Å². The summed E-state index contributed by atoms with van der Waals surface area (Å²) in [6, 6.07) is 0.846. The van der Waals surface area contributed by atoms with E-state index in [1.165, 1.54) is 50.8 Å². The molecule has 3 rings (SSSR count). The summed E-state index contributed by atoms with van der Waals surface area (Å²) in [4.78, 5) is 13.9. The first-order chi connectivity index (χ1) is 9.75. The molecule has 20 heavy (non-hydrogen) atoms. The Morgan fingerprint density at radius 2 is 1.65 bits per heavy atom. The highest BCUT2D eigenvalue weighted by Crippen LogP contribution is 2.25. The highest BCUT2D eigenvalue weighted by molar-refractivity contribution is 5.47. The topological polar surface area (TPSA) is 32.3 Å². The van der Waals surface area contributed by atoms with Crippen LogP contribution in [-0.2, 0) is 0 Å². The number of rotatable bonds is 2. The molecular weight excluding hydrogens is 248 g/mol. The van der Waals surface area contributed by atoms with Gasteiger partial charge in [-0.2, -0.15) is 0 Å². The van der Waals surface area contributed by atoms with Crippen molar-refractivity contribution >= 4 is 5.82 Å². The summed E-state index contributed by atoms with van der Waals surface area (Å²) < 4.78 is 0. The van der Waals surface area contributed by atoms with Gasteiger partial charge in [0.15, 0.2) is 0 Å². The van der Waals surface area contributed by atoms with Gasteiger partial charge in [-0.3, -0.25) is 4.90 Å². The number of anilines is 1. The molecule has 0 bridgehead atoms. The number of hydrogen-bond acceptors (Lipinski definition) is 4. The van der Waals surface area contributed by atoms with E-state index in [2.05, 4.69) is 33.6 Å². The molecular formula is C16H26N4. The van der Waals surface area contributed by atoms with E-state index < -0.39 is 0 Å². The minimum Gasteiger partial charge on any atom is -0.354 e. The van der Waals surface area contributed by atoms with E-state index in [9.17, 15) is 0 Å². The van der Waals surface area contributed by atoms with Gasteiger partial charge < -0.3 is 4.90 Å². The fourth-order valence-corrected chi connectivity index (χ4v) is 3.59. The van der Waals surface area contributed by atoms with Crippen LogP contribution >= 0.6 is 0 Å². The van der Waals surface area contributed by atoms with Crippen molar-refractivity contribution in [2.45, 2.75) is 52.0 Å². The summed E-state index contributed by atoms with van der Waals surface area (Å²) >= 11 is 0. The van der Waals surface area contributed by atoms with E-state index in [0.29, 0.717) is 0 Å². The molecule has 1 aromatic rings. The van der Waals surface area contributed by atoms with E-state index >= 15 is 0 Å². The second-order valence-corrected chi connectivity index (χ2v) is 6.22. The van der Waals surface area contributed by atoms with E-state index in [4.69, 9.17) is 0 Å². The Bertz CT molecular complexity index is 446. The average Bonchev–Trinajstić information content (AvgIpc) is 2.51. The van der Waals surface area contributed by atoms with Crippen molar-refractivity contribution in [3.63, 3.8) is 0 Å². The molecule has 1 aliphatic carbocycles. The van der Waals surface area contributed by atoms with Crippen LogP contribution in [0.3, 0.4) is 0 Å². The van der Waals surface area contributed by atoms with Crippen LogP contribution in [0.5, 0.6) is 0 Å². The molecule has 0 radical (unpaired) electrons. The molecule has 1 saturated heterocycles. The third-order valence-electron chi connectivity index (χ3n) is 5.01. The van der Waals surface area contributed by atoms with Crippen molar-refractivity contribution in [2.75, 3.05) is 31.1 Å². The quantitative estimate of drug-likeness (QED) is 0.829. The predicted molar refractivity (Wildman–Crippen MR) is 82.2 cm³/mol. The van der Waals surface area contributed by atoms with E-state index in [0.717, 1.165) is 30.6 Å². The minimum atomic E-state index is 0.846. The van der Waals surface area contributed by atoms with Gasteiger partial charge in [-0.05, 0) is 26.7 Å². The number of piperazine rings is 1. The second-order valence-electron chi connectivity index (χ2n) is 6.22. The lowest BCUT2D eigenvalue weighted by molar-refractivity contribution is 0.147. The molecule has 4 nitrogen and oxygen atoms in total. The zero-order chi connectivity index (χ0) is 13.9. The normalized spacial score (nSPS) is 22.2. The lowest BCUT2D eigenvalue weighted by Crippen LogP contribution is -2.51. The largest absolute Gasteiger partial charge is 0.354 e. The van der Waals surface area contributed by atoms with Crippen LogP contribution in [0.15, 0.2) is 6.33 Å². The first-order valence-electron chi connectivity index (χ1n) is 8.03. The minimum absolute atomic E-state index is 0.846. The Kier molecular flexibility index (Phi) is 4.20. The molecule has 0 N–H and O–H groups in total. The van der Waals surface area contributed by atoms with Crippen LogP contribution in [0.2, 0.25) is 0 Å². The van der Waals surface area contributed by atoms with Gasteiger partial charge in [-0.25, -0.2) is 9.97 Å². The van der Waals surface area contributed by atoms with Crippen LogP contribution < -0.4 is 4.90 Å². The monoisotopic (exact) mass is 274 g/mol. The van der Waals surface area contributed by atoms with Gasteiger partial charge in [0.05, 0.1) is 0 Å². The Morgan fingerprint density at radius 3 is 2.35 bits per heavy atom. The molecule has 0 aromatic carbocycles. The van der Waals surface area contributed by atoms with Crippen molar-refractivity contribution < 1.29 is 0 Å². The maximum absolute atomic E-state index is 4.50. The van der Waals surface area contributed by atoms with Crippen LogP contribution in [0.25, 0.3) is 0 Å². The Morgan fingerprint density at radius 1 is 0.950 bits per heavy atom. The van der Waals surface area contributed by atoms with Crippen molar-refractivity contribution in [3.8, 4) is 0 Å². The summed E-state index contributed by atoms with van der Waals surface area (Å²) in [5, 5.41) is 0. The van der Waals surface area contributed by atoms with E-state index in [-0.39, 0.29) is 0 Å². The summed E-state index contributed by atoms with van der Waals surface area (Å²) in [7, 11) is 0. The highest BCUT2D eigenvalue weighted by atomic mass is 15.3. The van der Waals surface area contributed by atoms with Crippen LogP contribution in [0, 0.1) is 13.8 Å². The lowest BCUT2D eigenvalue weighted by atomic mass is 9.94. The van der Waals surface area contributed by atoms with Gasteiger partial charge in [0.25, 0.3) is 0 Å². The Balaban J connectivity index is 1.62. The number of aryl methyl sites for hydroxylation is 1. The first-order valence-corrected chi connectivity index (χ1v) is 8.03. The molecule has 1 aromatic heterocycles. The van der Waals surface area contributed by atoms with E-state index in [1.807, 2.05) is 0 Å². The summed E-state index contributed by atoms with van der Waals surface area (Å²) in [6.45, 7) is 8.79. The summed E-state index contributed by atoms with van der Waals surface area (Å²) in [5.41, 5.74) is 2.34. The fourth-order valence-electron chi connectivity index (χ4n) is 3.59. The Hall–Kier alpha value is -1.16. The molecule has 2 aliphatic rings. The molecule has 1 aliphatic heterocycles. The molecule has 0 atom stereocenters. The van der Waals surface area contributed by atoms with Crippen molar-refractivity contribution in [2.24, 2.45) is 0 Å². The van der Waals surface area contributed by atoms with Gasteiger partial charge in [-0.1, -0.05) is 19.3 Å². The van der Waals surface area contributed by atoms with Crippen molar-refractivity contribution in [1.29, 1.82) is 0 Å². The van der Waals surface area contributed by atoms with Crippen LogP contribution in [0.4, 0.5) is 5.82 Å². The maximum atomic E-state index is 4.50. The summed E-state index contributed by atoms with van der Waals surface area (Å²) in [6.07, 6.45) is 8.81. The molecule has 0 amide bonds. The predicted octanol–water partition coefficient (Wildman–Crippen LogP) is 2.55. The zero-order valence-corrected chi connectivity index (χ0v) is 12.8. The molecule has 110 valence electrons. The molecule has 0 unspecified atom stereocenters. The van der Waals surface area contributed by atoms with Gasteiger partial charge in [0, 0.05) is 43.5 Å². The van der Waals surface area contributed by atoms with Crippen molar-refractivity contribution in [1.82, 2.24) is 14.9 Å². The molecule has 0 spiro atoms. The molecule has 2 fully saturated rings. The van der Waals surface area contributed by atoms with Gasteiger partial charge >= 0.3 is 0 Å². The van der Waals surface area contributed by atoms with E-state index in [1.54, 1.807) is 6.33 Å². The fraction of sp³-hybridized carbons (Fsp3) is 0.750. The molecule has 1 saturated carbocycles. The SMILES string of the molecule is Cc1ncnc(N2CCN(C3CCCCC3)CC2)c1C. The number of nitrogens with zero attached hydrogens (tertiary/aromatic N) is 4. The molecule has 4 heteroatoms. The Labute approximate surface area is 122 Å². The second kappa shape index (κ2) is 6.08. The number of aromatic nitrogens is 2. The number of hydrogen-bond donors (Lipinski definition) is 0. The lowest BCUT2D eigenvalue weighted by Gasteiger charge is -2.41. The van der Waals surface area contributed by atoms with Gasteiger partial charge in [0.1, 0.15) is 12.1 Å².